The Kier molecular flexibility index (Phi) is 5.10. The monoisotopic (exact) mass is 278 g/mol. The summed E-state index contributed by atoms with van der Waals surface area (Å²) in [5.41, 5.74) is -4.50. The summed E-state index contributed by atoms with van der Waals surface area (Å²) in [7, 11) is 0. The summed E-state index contributed by atoms with van der Waals surface area (Å²) in [4.78, 5) is 11.5. The quantitative estimate of drug-likeness (QED) is 0.635. The van der Waals surface area contributed by atoms with Crippen LogP contribution in [0.15, 0.2) is 0 Å². The molecule has 0 radical (unpaired) electrons. The molecule has 0 aromatic rings. The maximum absolute atomic E-state index is 12.7. The van der Waals surface area contributed by atoms with Crippen LogP contribution in [0.1, 0.15) is 27.2 Å². The molecule has 0 aliphatic rings. The van der Waals surface area contributed by atoms with Gasteiger partial charge >= 0.3 is 12.1 Å². The Morgan fingerprint density at radius 1 is 1.22 bits per heavy atom. The predicted octanol–water partition coefficient (Wildman–Crippen LogP) is 2.52. The first-order chi connectivity index (χ1) is 7.84. The number of rotatable bonds is 4. The number of carbonyl (C=O) groups excluding carboxylic acids is 1. The lowest BCUT2D eigenvalue weighted by Crippen LogP contribution is -2.48. The molecule has 0 spiro atoms. The lowest BCUT2D eigenvalue weighted by atomic mass is 9.85. The first-order valence-corrected chi connectivity index (χ1v) is 5.03. The molecular weight excluding hydrogens is 263 g/mol. The third-order valence-electron chi connectivity index (χ3n) is 2.02. The molecule has 0 aliphatic heterocycles. The molecule has 3 nitrogen and oxygen atoms in total. The minimum Gasteiger partial charge on any atom is -0.459 e. The fourth-order valence-corrected chi connectivity index (χ4v) is 1.17. The molecule has 0 amide bonds. The molecule has 0 fully saturated rings. The third kappa shape index (κ3) is 4.75. The second kappa shape index (κ2) is 5.38. The van der Waals surface area contributed by atoms with Gasteiger partial charge in [-0.25, -0.2) is 8.78 Å². The Balaban J connectivity index is 5.27. The number of ether oxygens (including phenoxy) is 1. The number of alkyl halides is 5. The highest BCUT2D eigenvalue weighted by Crippen LogP contribution is 2.40. The molecule has 0 heterocycles. The average molecular weight is 278 g/mol. The second-order valence-corrected chi connectivity index (χ2v) is 4.91. The minimum atomic E-state index is -5.02. The maximum Gasteiger partial charge on any atom is 0.390 e. The van der Waals surface area contributed by atoms with Gasteiger partial charge in [0.25, 0.3) is 6.43 Å². The normalized spacial score (nSPS) is 16.6. The van der Waals surface area contributed by atoms with E-state index in [4.69, 9.17) is 5.11 Å². The smallest absolute Gasteiger partial charge is 0.390 e. The van der Waals surface area contributed by atoms with Crippen molar-refractivity contribution in [1.29, 1.82) is 0 Å². The number of carbonyl (C=O) groups is 1. The molecule has 0 aromatic heterocycles. The molecular formula is C10H15F5O3. The average Bonchev–Trinajstić information content (AvgIpc) is 2.08. The first kappa shape index (κ1) is 17.1. The van der Waals surface area contributed by atoms with Crippen LogP contribution in [-0.4, -0.2) is 35.9 Å². The zero-order valence-electron chi connectivity index (χ0n) is 10.1. The molecule has 1 N–H and O–H groups in total. The minimum absolute atomic E-state index is 1.22. The van der Waals surface area contributed by atoms with E-state index in [9.17, 15) is 26.7 Å². The molecule has 0 rings (SSSR count). The third-order valence-corrected chi connectivity index (χ3v) is 2.02. The highest BCUT2D eigenvalue weighted by Gasteiger charge is 2.55. The van der Waals surface area contributed by atoms with Gasteiger partial charge < -0.3 is 9.84 Å². The predicted molar refractivity (Wildman–Crippen MR) is 52.0 cm³/mol. The Morgan fingerprint density at radius 3 is 1.89 bits per heavy atom. The van der Waals surface area contributed by atoms with Crippen molar-refractivity contribution in [1.82, 2.24) is 0 Å². The Hall–Kier alpha value is -0.920. The van der Waals surface area contributed by atoms with Crippen LogP contribution in [0.2, 0.25) is 0 Å². The van der Waals surface area contributed by atoms with Crippen molar-refractivity contribution >= 4 is 5.97 Å². The molecule has 0 aliphatic carbocycles. The van der Waals surface area contributed by atoms with Gasteiger partial charge in [-0.3, -0.25) is 4.79 Å². The van der Waals surface area contributed by atoms with Crippen LogP contribution in [0.4, 0.5) is 22.0 Å². The lowest BCUT2D eigenvalue weighted by molar-refractivity contribution is -0.213. The summed E-state index contributed by atoms with van der Waals surface area (Å²) >= 11 is 0. The first-order valence-electron chi connectivity index (χ1n) is 5.03. The Morgan fingerprint density at radius 2 is 1.67 bits per heavy atom. The standard InChI is InChI=1S/C10H15F5O3/c1-8(2,3)18-7(17)9(5-16,6(11)12)4-10(13,14)15/h6,16H,4-5H2,1-3H3. The van der Waals surface area contributed by atoms with Gasteiger partial charge in [-0.2, -0.15) is 13.2 Å². The van der Waals surface area contributed by atoms with Crippen molar-refractivity contribution in [2.24, 2.45) is 5.41 Å². The van der Waals surface area contributed by atoms with Gasteiger partial charge in [0.2, 0.25) is 0 Å². The van der Waals surface area contributed by atoms with E-state index < -0.39 is 42.6 Å². The number of aliphatic hydroxyl groups excluding tert-OH is 1. The van der Waals surface area contributed by atoms with Crippen LogP contribution in [-0.2, 0) is 9.53 Å². The molecule has 18 heavy (non-hydrogen) atoms. The van der Waals surface area contributed by atoms with Crippen molar-refractivity contribution in [2.45, 2.75) is 45.4 Å². The highest BCUT2D eigenvalue weighted by molar-refractivity contribution is 5.78. The van der Waals surface area contributed by atoms with Gasteiger partial charge in [-0.15, -0.1) is 0 Å². The Labute approximate surface area is 101 Å². The van der Waals surface area contributed by atoms with Crippen LogP contribution in [0.5, 0.6) is 0 Å². The van der Waals surface area contributed by atoms with Crippen LogP contribution < -0.4 is 0 Å². The molecule has 0 bridgehead atoms. The number of halogens is 5. The van der Waals surface area contributed by atoms with Crippen molar-refractivity contribution < 1.29 is 36.6 Å². The molecule has 1 atom stereocenters. The summed E-state index contributed by atoms with van der Waals surface area (Å²) in [6, 6.07) is 0. The zero-order valence-corrected chi connectivity index (χ0v) is 10.1. The molecule has 1 unspecified atom stereocenters. The summed E-state index contributed by atoms with van der Waals surface area (Å²) in [5.74, 6) is -1.76. The van der Waals surface area contributed by atoms with E-state index in [-0.39, 0.29) is 0 Å². The largest absolute Gasteiger partial charge is 0.459 e. The Bertz CT molecular complexity index is 295. The van der Waals surface area contributed by atoms with Gasteiger partial charge in [0.1, 0.15) is 5.60 Å². The van der Waals surface area contributed by atoms with E-state index in [1.807, 2.05) is 0 Å². The summed E-state index contributed by atoms with van der Waals surface area (Å²) in [5, 5.41) is 8.80. The number of esters is 1. The van der Waals surface area contributed by atoms with E-state index in [0.717, 1.165) is 0 Å². The summed E-state index contributed by atoms with van der Waals surface area (Å²) in [6.45, 7) is 2.34. The maximum atomic E-state index is 12.7. The number of hydrogen-bond acceptors (Lipinski definition) is 3. The van der Waals surface area contributed by atoms with Crippen molar-refractivity contribution in [3.05, 3.63) is 0 Å². The molecule has 0 saturated carbocycles. The van der Waals surface area contributed by atoms with Crippen molar-refractivity contribution in [3.8, 4) is 0 Å². The lowest BCUT2D eigenvalue weighted by Gasteiger charge is -2.32. The van der Waals surface area contributed by atoms with E-state index in [1.54, 1.807) is 0 Å². The van der Waals surface area contributed by atoms with Gasteiger partial charge in [-0.05, 0) is 20.8 Å². The molecule has 0 aromatic carbocycles. The van der Waals surface area contributed by atoms with Crippen molar-refractivity contribution in [3.63, 3.8) is 0 Å². The topological polar surface area (TPSA) is 46.5 Å². The van der Waals surface area contributed by atoms with Crippen LogP contribution in [0.25, 0.3) is 0 Å². The molecule has 8 heteroatoms. The number of hydrogen-bond donors (Lipinski definition) is 1. The van der Waals surface area contributed by atoms with E-state index in [1.165, 1.54) is 20.8 Å². The number of aliphatic hydroxyl groups is 1. The second-order valence-electron chi connectivity index (χ2n) is 4.91. The summed E-state index contributed by atoms with van der Waals surface area (Å²) < 4.78 is 66.7. The highest BCUT2D eigenvalue weighted by atomic mass is 19.4. The van der Waals surface area contributed by atoms with E-state index >= 15 is 0 Å². The zero-order chi connectivity index (χ0) is 14.8. The van der Waals surface area contributed by atoms with Gasteiger partial charge in [-0.1, -0.05) is 0 Å². The molecule has 108 valence electrons. The van der Waals surface area contributed by atoms with E-state index in [2.05, 4.69) is 4.74 Å². The fraction of sp³-hybridized carbons (Fsp3) is 0.900. The van der Waals surface area contributed by atoms with Crippen LogP contribution >= 0.6 is 0 Å². The van der Waals surface area contributed by atoms with Crippen LogP contribution in [0.3, 0.4) is 0 Å². The SMILES string of the molecule is CC(C)(C)OC(=O)C(CO)(CC(F)(F)F)C(F)F. The van der Waals surface area contributed by atoms with Crippen LogP contribution in [0, 0.1) is 5.41 Å². The van der Waals surface area contributed by atoms with Gasteiger partial charge in [0, 0.05) is 0 Å². The van der Waals surface area contributed by atoms with Gasteiger partial charge in [0.15, 0.2) is 5.41 Å². The van der Waals surface area contributed by atoms with E-state index in [0.29, 0.717) is 0 Å². The van der Waals surface area contributed by atoms with Gasteiger partial charge in [0.05, 0.1) is 13.0 Å². The molecule has 0 saturated heterocycles. The fourth-order valence-electron chi connectivity index (χ4n) is 1.17. The van der Waals surface area contributed by atoms with Crippen molar-refractivity contribution in [2.75, 3.05) is 6.61 Å². The summed E-state index contributed by atoms with van der Waals surface area (Å²) in [6.07, 6.45) is -10.8.